The van der Waals surface area contributed by atoms with E-state index in [9.17, 15) is 14.7 Å². The van der Waals surface area contributed by atoms with Gasteiger partial charge in [0.25, 0.3) is 5.91 Å². The van der Waals surface area contributed by atoms with E-state index in [0.717, 1.165) is 11.1 Å². The van der Waals surface area contributed by atoms with Crippen LogP contribution in [0.2, 0.25) is 5.02 Å². The van der Waals surface area contributed by atoms with Gasteiger partial charge in [-0.25, -0.2) is 0 Å². The number of benzene rings is 3. The smallest absolute Gasteiger partial charge is 0.294 e. The van der Waals surface area contributed by atoms with Gasteiger partial charge in [0.1, 0.15) is 11.3 Å². The maximum Gasteiger partial charge on any atom is 0.294 e. The van der Waals surface area contributed by atoms with Gasteiger partial charge in [0.15, 0.2) is 11.5 Å². The molecule has 0 saturated carbocycles. The quantitative estimate of drug-likeness (QED) is 0.325. The summed E-state index contributed by atoms with van der Waals surface area (Å²) in [7, 11) is 1.54. The maximum absolute atomic E-state index is 13.8. The fourth-order valence-electron chi connectivity index (χ4n) is 4.58. The van der Waals surface area contributed by atoms with E-state index in [4.69, 9.17) is 20.8 Å². The lowest BCUT2D eigenvalue weighted by Gasteiger charge is -2.27. The molecule has 1 N–H and O–H groups in total. The number of carbonyl (C=O) groups excluding carboxylic acids is 2. The van der Waals surface area contributed by atoms with Gasteiger partial charge in [-0.1, -0.05) is 29.8 Å². The van der Waals surface area contributed by atoms with Gasteiger partial charge in [0.2, 0.25) is 5.78 Å². The number of amides is 1. The number of furan rings is 1. The third-order valence-electron chi connectivity index (χ3n) is 6.05. The van der Waals surface area contributed by atoms with Crippen LogP contribution in [-0.2, 0) is 4.79 Å². The molecule has 176 valence electrons. The molecule has 1 unspecified atom stereocenters. The van der Waals surface area contributed by atoms with E-state index in [1.807, 2.05) is 32.0 Å². The van der Waals surface area contributed by atoms with E-state index in [2.05, 4.69) is 0 Å². The maximum atomic E-state index is 13.8. The zero-order chi connectivity index (χ0) is 24.9. The summed E-state index contributed by atoms with van der Waals surface area (Å²) in [4.78, 5) is 28.6. The van der Waals surface area contributed by atoms with E-state index < -0.39 is 23.5 Å². The summed E-state index contributed by atoms with van der Waals surface area (Å²) < 4.78 is 11.2. The normalized spacial score (nSPS) is 15.8. The van der Waals surface area contributed by atoms with Crippen molar-refractivity contribution in [3.63, 3.8) is 0 Å². The minimum absolute atomic E-state index is 0.00628. The molecule has 0 radical (unpaired) electrons. The van der Waals surface area contributed by atoms with Crippen LogP contribution in [0.3, 0.4) is 0 Å². The molecule has 0 saturated heterocycles. The van der Waals surface area contributed by atoms with Crippen LogP contribution >= 0.6 is 11.6 Å². The Hall–Kier alpha value is -4.03. The fourth-order valence-corrected chi connectivity index (χ4v) is 4.76. The molecule has 0 spiro atoms. The summed E-state index contributed by atoms with van der Waals surface area (Å²) in [5.74, 6) is -1.28. The molecule has 0 aliphatic carbocycles. The molecule has 3 aromatic carbocycles. The molecule has 7 heteroatoms. The van der Waals surface area contributed by atoms with Gasteiger partial charge in [0, 0.05) is 16.1 Å². The number of aryl methyl sites for hydroxylation is 2. The van der Waals surface area contributed by atoms with Crippen molar-refractivity contribution in [3.8, 4) is 5.75 Å². The van der Waals surface area contributed by atoms with Crippen LogP contribution in [-0.4, -0.2) is 23.9 Å². The summed E-state index contributed by atoms with van der Waals surface area (Å²) in [5, 5.41) is 12.2. The average Bonchev–Trinajstić information content (AvgIpc) is 3.36. The Morgan fingerprint density at radius 1 is 1.03 bits per heavy atom. The zero-order valence-electron chi connectivity index (χ0n) is 19.3. The predicted octanol–water partition coefficient (Wildman–Crippen LogP) is 6.49. The Kier molecular flexibility index (Phi) is 5.61. The van der Waals surface area contributed by atoms with Crippen molar-refractivity contribution in [1.29, 1.82) is 0 Å². The summed E-state index contributed by atoms with van der Waals surface area (Å²) >= 11 is 6.08. The van der Waals surface area contributed by atoms with Crippen molar-refractivity contribution >= 4 is 39.9 Å². The molecule has 0 bridgehead atoms. The second kappa shape index (κ2) is 8.64. The number of aliphatic hydroxyl groups is 1. The van der Waals surface area contributed by atoms with Gasteiger partial charge in [-0.2, -0.15) is 0 Å². The summed E-state index contributed by atoms with van der Waals surface area (Å²) in [6.07, 6.45) is 0. The van der Waals surface area contributed by atoms with Crippen LogP contribution in [0.4, 0.5) is 5.69 Å². The number of halogens is 1. The predicted molar refractivity (Wildman–Crippen MR) is 134 cm³/mol. The highest BCUT2D eigenvalue weighted by molar-refractivity contribution is 6.31. The number of nitrogens with zero attached hydrogens (tertiary/aromatic N) is 1. The lowest BCUT2D eigenvalue weighted by Crippen LogP contribution is -2.31. The molecular weight excluding hydrogens is 466 g/mol. The molecule has 1 aromatic heterocycles. The number of fused-ring (bicyclic) bond motifs is 1. The SMILES string of the molecule is COc1cccc(C2C(C(=O)c3cc4cc(Cl)ccc4o3)=C(O)C(=O)N2c2cc(C)cc(C)c2)c1. The van der Waals surface area contributed by atoms with Gasteiger partial charge in [-0.15, -0.1) is 0 Å². The fraction of sp³-hybridized carbons (Fsp3) is 0.143. The number of ether oxygens (including phenoxy) is 1. The molecule has 4 aromatic rings. The summed E-state index contributed by atoms with van der Waals surface area (Å²) in [5.41, 5.74) is 3.50. The first-order valence-electron chi connectivity index (χ1n) is 11.0. The lowest BCUT2D eigenvalue weighted by atomic mass is 9.94. The van der Waals surface area contributed by atoms with Crippen molar-refractivity contribution < 1.29 is 23.8 Å². The molecule has 1 aliphatic rings. The number of methoxy groups -OCH3 is 1. The summed E-state index contributed by atoms with van der Waals surface area (Å²) in [6.45, 7) is 3.85. The molecule has 2 heterocycles. The van der Waals surface area contributed by atoms with Crippen LogP contribution in [0, 0.1) is 13.8 Å². The largest absolute Gasteiger partial charge is 0.503 e. The van der Waals surface area contributed by atoms with Crippen LogP contribution in [0.5, 0.6) is 5.75 Å². The molecule has 1 amide bonds. The minimum atomic E-state index is -0.886. The monoisotopic (exact) mass is 487 g/mol. The Balaban J connectivity index is 1.69. The van der Waals surface area contributed by atoms with Crippen LogP contribution < -0.4 is 9.64 Å². The van der Waals surface area contributed by atoms with E-state index in [0.29, 0.717) is 33.0 Å². The van der Waals surface area contributed by atoms with Crippen molar-refractivity contribution in [1.82, 2.24) is 0 Å². The van der Waals surface area contributed by atoms with E-state index in [-0.39, 0.29) is 11.3 Å². The highest BCUT2D eigenvalue weighted by Gasteiger charge is 2.45. The Bertz CT molecular complexity index is 1510. The van der Waals surface area contributed by atoms with Gasteiger partial charge in [-0.3, -0.25) is 14.5 Å². The zero-order valence-corrected chi connectivity index (χ0v) is 20.1. The number of hydrogen-bond donors (Lipinski definition) is 1. The average molecular weight is 488 g/mol. The molecule has 35 heavy (non-hydrogen) atoms. The number of Topliss-reactive ketones (excluding diaryl/α,β-unsaturated/α-hetero) is 1. The molecule has 0 fully saturated rings. The van der Waals surface area contributed by atoms with Crippen molar-refractivity contribution in [2.75, 3.05) is 12.0 Å². The van der Waals surface area contributed by atoms with Gasteiger partial charge >= 0.3 is 0 Å². The van der Waals surface area contributed by atoms with Crippen LogP contribution in [0.1, 0.15) is 33.3 Å². The van der Waals surface area contributed by atoms with Crippen LogP contribution in [0.15, 0.2) is 82.5 Å². The van der Waals surface area contributed by atoms with E-state index in [1.165, 1.54) is 4.90 Å². The van der Waals surface area contributed by atoms with Gasteiger partial charge in [-0.05, 0) is 79.1 Å². The molecule has 1 aliphatic heterocycles. The molecule has 5 rings (SSSR count). The number of anilines is 1. The summed E-state index contributed by atoms with van der Waals surface area (Å²) in [6, 6.07) is 18.5. The van der Waals surface area contributed by atoms with E-state index in [1.54, 1.807) is 55.6 Å². The van der Waals surface area contributed by atoms with Gasteiger partial charge in [0.05, 0.1) is 18.7 Å². The molecule has 6 nitrogen and oxygen atoms in total. The van der Waals surface area contributed by atoms with Crippen molar-refractivity contribution in [2.24, 2.45) is 0 Å². The molecular formula is C28H22ClNO5. The van der Waals surface area contributed by atoms with Crippen molar-refractivity contribution in [3.05, 3.63) is 106 Å². The van der Waals surface area contributed by atoms with Crippen molar-refractivity contribution in [2.45, 2.75) is 19.9 Å². The Labute approximate surface area is 207 Å². The lowest BCUT2D eigenvalue weighted by molar-refractivity contribution is -0.117. The number of rotatable bonds is 5. The second-order valence-corrected chi connectivity index (χ2v) is 9.02. The first-order chi connectivity index (χ1) is 16.8. The Morgan fingerprint density at radius 2 is 1.77 bits per heavy atom. The highest BCUT2D eigenvalue weighted by atomic mass is 35.5. The number of ketones is 1. The number of aliphatic hydroxyl groups excluding tert-OH is 1. The van der Waals surface area contributed by atoms with Crippen LogP contribution in [0.25, 0.3) is 11.0 Å². The van der Waals surface area contributed by atoms with Gasteiger partial charge < -0.3 is 14.3 Å². The third kappa shape index (κ3) is 3.96. The topological polar surface area (TPSA) is 80.0 Å². The highest BCUT2D eigenvalue weighted by Crippen LogP contribution is 2.43. The molecule has 1 atom stereocenters. The number of hydrogen-bond acceptors (Lipinski definition) is 5. The Morgan fingerprint density at radius 3 is 2.49 bits per heavy atom. The van der Waals surface area contributed by atoms with E-state index >= 15 is 0 Å². The first kappa shape index (κ1) is 22.7. The first-order valence-corrected chi connectivity index (χ1v) is 11.4. The minimum Gasteiger partial charge on any atom is -0.503 e. The standard InChI is InChI=1S/C28H22ClNO5/c1-15-9-16(2)11-20(10-15)30-25(17-5-4-6-21(13-17)34-3)24(27(32)28(30)33)26(31)23-14-18-12-19(29)7-8-22(18)35-23/h4-14,25,32H,1-3H3. The second-order valence-electron chi connectivity index (χ2n) is 8.58. The third-order valence-corrected chi connectivity index (χ3v) is 6.28. The number of carbonyl (C=O) groups is 2.